The van der Waals surface area contributed by atoms with Gasteiger partial charge < -0.3 is 10.6 Å². The Morgan fingerprint density at radius 1 is 1.21 bits per heavy atom. The smallest absolute Gasteiger partial charge is 0.246 e. The molecule has 0 spiro atoms. The molecule has 1 heterocycles. The third-order valence-corrected chi connectivity index (χ3v) is 3.70. The average Bonchev–Trinajstić information content (AvgIpc) is 2.59. The van der Waals surface area contributed by atoms with E-state index in [-0.39, 0.29) is 11.9 Å². The van der Waals surface area contributed by atoms with Crippen LogP contribution in [-0.4, -0.2) is 27.3 Å². The zero-order valence-electron chi connectivity index (χ0n) is 14.3. The van der Waals surface area contributed by atoms with Gasteiger partial charge in [0.15, 0.2) is 0 Å². The maximum absolute atomic E-state index is 12.5. The molecule has 0 aliphatic heterocycles. The SMILES string of the molecule is CCCCN(Cc1ccc(C)cc1)C(=O)/C=C/c1cnc(N)nc1. The van der Waals surface area contributed by atoms with Crippen molar-refractivity contribution in [1.29, 1.82) is 0 Å². The van der Waals surface area contributed by atoms with Gasteiger partial charge in [0.25, 0.3) is 0 Å². The molecule has 0 saturated heterocycles. The Hall–Kier alpha value is -2.69. The van der Waals surface area contributed by atoms with Crippen LogP contribution in [0, 0.1) is 6.92 Å². The number of aryl methyl sites for hydroxylation is 1. The number of unbranched alkanes of at least 4 members (excludes halogenated alkanes) is 1. The molecule has 1 aromatic heterocycles. The molecule has 0 saturated carbocycles. The van der Waals surface area contributed by atoms with Gasteiger partial charge in [0.05, 0.1) is 0 Å². The van der Waals surface area contributed by atoms with E-state index < -0.39 is 0 Å². The highest BCUT2D eigenvalue weighted by atomic mass is 16.2. The number of benzene rings is 1. The Balaban J connectivity index is 2.06. The quantitative estimate of drug-likeness (QED) is 0.794. The Morgan fingerprint density at radius 3 is 2.50 bits per heavy atom. The van der Waals surface area contributed by atoms with Crippen LogP contribution in [0.15, 0.2) is 42.7 Å². The highest BCUT2D eigenvalue weighted by Crippen LogP contribution is 2.10. The summed E-state index contributed by atoms with van der Waals surface area (Å²) >= 11 is 0. The second-order valence-electron chi connectivity index (χ2n) is 5.81. The molecule has 0 fully saturated rings. The lowest BCUT2D eigenvalue weighted by atomic mass is 10.1. The van der Waals surface area contributed by atoms with Crippen molar-refractivity contribution < 1.29 is 4.79 Å². The van der Waals surface area contributed by atoms with E-state index in [0.29, 0.717) is 6.54 Å². The zero-order chi connectivity index (χ0) is 17.4. The van der Waals surface area contributed by atoms with Crippen molar-refractivity contribution in [2.45, 2.75) is 33.2 Å². The van der Waals surface area contributed by atoms with Gasteiger partial charge in [0.2, 0.25) is 11.9 Å². The molecule has 2 aromatic rings. The van der Waals surface area contributed by atoms with Gasteiger partial charge in [-0.1, -0.05) is 43.2 Å². The first-order chi connectivity index (χ1) is 11.6. The molecule has 0 radical (unpaired) electrons. The number of nitrogens with two attached hydrogens (primary N) is 1. The van der Waals surface area contributed by atoms with Gasteiger partial charge in [-0.25, -0.2) is 9.97 Å². The van der Waals surface area contributed by atoms with Gasteiger partial charge in [-0.15, -0.1) is 0 Å². The van der Waals surface area contributed by atoms with Crippen molar-refractivity contribution >= 4 is 17.9 Å². The summed E-state index contributed by atoms with van der Waals surface area (Å²) < 4.78 is 0. The second kappa shape index (κ2) is 8.82. The van der Waals surface area contributed by atoms with Gasteiger partial charge >= 0.3 is 0 Å². The first kappa shape index (κ1) is 17.7. The topological polar surface area (TPSA) is 72.1 Å². The minimum absolute atomic E-state index is 0.0131. The highest BCUT2D eigenvalue weighted by molar-refractivity contribution is 5.91. The van der Waals surface area contributed by atoms with Crippen LogP contribution in [0.1, 0.15) is 36.5 Å². The van der Waals surface area contributed by atoms with Gasteiger partial charge in [-0.3, -0.25) is 4.79 Å². The predicted octanol–water partition coefficient (Wildman–Crippen LogP) is 3.21. The molecule has 0 aliphatic rings. The number of aromatic nitrogens is 2. The molecular weight excluding hydrogens is 300 g/mol. The molecule has 1 aromatic carbocycles. The molecule has 126 valence electrons. The molecule has 5 heteroatoms. The molecule has 24 heavy (non-hydrogen) atoms. The van der Waals surface area contributed by atoms with Crippen LogP contribution in [0.5, 0.6) is 0 Å². The summed E-state index contributed by atoms with van der Waals surface area (Å²) in [6, 6.07) is 8.27. The average molecular weight is 324 g/mol. The van der Waals surface area contributed by atoms with Gasteiger partial charge in [0, 0.05) is 37.1 Å². The summed E-state index contributed by atoms with van der Waals surface area (Å²) in [4.78, 5) is 22.2. The first-order valence-electron chi connectivity index (χ1n) is 8.18. The minimum atomic E-state index is -0.0131. The number of nitrogens with zero attached hydrogens (tertiary/aromatic N) is 3. The van der Waals surface area contributed by atoms with Crippen molar-refractivity contribution in [3.05, 3.63) is 59.4 Å². The number of anilines is 1. The lowest BCUT2D eigenvalue weighted by Crippen LogP contribution is -2.30. The van der Waals surface area contributed by atoms with Crippen molar-refractivity contribution in [2.75, 3.05) is 12.3 Å². The predicted molar refractivity (Wildman–Crippen MR) is 97.0 cm³/mol. The van der Waals surface area contributed by atoms with E-state index in [1.54, 1.807) is 24.5 Å². The summed E-state index contributed by atoms with van der Waals surface area (Å²) in [6.45, 7) is 5.53. The van der Waals surface area contributed by atoms with Crippen LogP contribution >= 0.6 is 0 Å². The monoisotopic (exact) mass is 324 g/mol. The summed E-state index contributed by atoms with van der Waals surface area (Å²) in [5, 5.41) is 0. The molecule has 2 rings (SSSR count). The number of carbonyl (C=O) groups is 1. The second-order valence-corrected chi connectivity index (χ2v) is 5.81. The van der Waals surface area contributed by atoms with Crippen LogP contribution in [0.2, 0.25) is 0 Å². The third kappa shape index (κ3) is 5.50. The third-order valence-electron chi connectivity index (χ3n) is 3.70. The van der Waals surface area contributed by atoms with E-state index in [9.17, 15) is 4.79 Å². The molecule has 0 bridgehead atoms. The Bertz CT molecular complexity index is 678. The number of rotatable bonds is 7. The molecule has 0 unspecified atom stereocenters. The molecule has 0 aliphatic carbocycles. The van der Waals surface area contributed by atoms with Gasteiger partial charge in [-0.2, -0.15) is 0 Å². The van der Waals surface area contributed by atoms with E-state index in [2.05, 4.69) is 48.1 Å². The number of amides is 1. The maximum atomic E-state index is 12.5. The Labute approximate surface area is 143 Å². The first-order valence-corrected chi connectivity index (χ1v) is 8.18. The number of carbonyl (C=O) groups excluding carboxylic acids is 1. The summed E-state index contributed by atoms with van der Waals surface area (Å²) in [7, 11) is 0. The Morgan fingerprint density at radius 2 is 1.88 bits per heavy atom. The highest BCUT2D eigenvalue weighted by Gasteiger charge is 2.10. The van der Waals surface area contributed by atoms with E-state index in [0.717, 1.165) is 30.5 Å². The van der Waals surface area contributed by atoms with Crippen molar-refractivity contribution in [3.8, 4) is 0 Å². The standard InChI is InChI=1S/C19H24N4O/c1-3-4-11-23(14-16-7-5-15(2)6-8-16)18(24)10-9-17-12-21-19(20)22-13-17/h5-10,12-13H,3-4,11,14H2,1-2H3,(H2,20,21,22)/b10-9+. The molecular formula is C19H24N4O. The van der Waals surface area contributed by atoms with Crippen LogP contribution in [0.3, 0.4) is 0 Å². The fraction of sp³-hybridized carbons (Fsp3) is 0.316. The summed E-state index contributed by atoms with van der Waals surface area (Å²) in [5.41, 5.74) is 8.56. The van der Waals surface area contributed by atoms with Crippen LogP contribution in [0.25, 0.3) is 6.08 Å². The summed E-state index contributed by atoms with van der Waals surface area (Å²) in [6.07, 6.45) is 8.52. The van der Waals surface area contributed by atoms with Gasteiger partial charge in [0.1, 0.15) is 0 Å². The molecule has 2 N–H and O–H groups in total. The van der Waals surface area contributed by atoms with Crippen LogP contribution < -0.4 is 5.73 Å². The molecule has 0 atom stereocenters. The minimum Gasteiger partial charge on any atom is -0.368 e. The number of hydrogen-bond acceptors (Lipinski definition) is 4. The number of hydrogen-bond donors (Lipinski definition) is 1. The van der Waals surface area contributed by atoms with E-state index >= 15 is 0 Å². The fourth-order valence-electron chi connectivity index (χ4n) is 2.24. The van der Waals surface area contributed by atoms with Crippen molar-refractivity contribution in [1.82, 2.24) is 14.9 Å². The number of nitrogen functional groups attached to an aromatic ring is 1. The molecule has 5 nitrogen and oxygen atoms in total. The van der Waals surface area contributed by atoms with Crippen molar-refractivity contribution in [2.24, 2.45) is 0 Å². The zero-order valence-corrected chi connectivity index (χ0v) is 14.3. The largest absolute Gasteiger partial charge is 0.368 e. The summed E-state index contributed by atoms with van der Waals surface area (Å²) in [5.74, 6) is 0.211. The van der Waals surface area contributed by atoms with Crippen LogP contribution in [-0.2, 0) is 11.3 Å². The lowest BCUT2D eigenvalue weighted by molar-refractivity contribution is -0.126. The fourth-order valence-corrected chi connectivity index (χ4v) is 2.24. The van der Waals surface area contributed by atoms with E-state index in [1.165, 1.54) is 5.56 Å². The van der Waals surface area contributed by atoms with E-state index in [1.807, 2.05) is 4.90 Å². The van der Waals surface area contributed by atoms with Crippen molar-refractivity contribution in [3.63, 3.8) is 0 Å². The lowest BCUT2D eigenvalue weighted by Gasteiger charge is -2.21. The van der Waals surface area contributed by atoms with E-state index in [4.69, 9.17) is 5.73 Å². The maximum Gasteiger partial charge on any atom is 0.246 e. The normalized spacial score (nSPS) is 10.9. The van der Waals surface area contributed by atoms with Gasteiger partial charge in [-0.05, 0) is 25.0 Å². The van der Waals surface area contributed by atoms with Crippen LogP contribution in [0.4, 0.5) is 5.95 Å². The Kier molecular flexibility index (Phi) is 6.49. The molecule has 1 amide bonds.